The molecule has 0 atom stereocenters. The van der Waals surface area contributed by atoms with Gasteiger partial charge in [-0.2, -0.15) is 0 Å². The van der Waals surface area contributed by atoms with Gasteiger partial charge in [-0.05, 0) is 45.7 Å². The van der Waals surface area contributed by atoms with Gasteiger partial charge in [0.05, 0.1) is 25.1 Å². The highest BCUT2D eigenvalue weighted by Gasteiger charge is 2.33. The summed E-state index contributed by atoms with van der Waals surface area (Å²) in [6, 6.07) is 3.27. The molecule has 1 fully saturated rings. The number of rotatable bonds is 10. The fourth-order valence-corrected chi connectivity index (χ4v) is 5.16. The lowest BCUT2D eigenvalue weighted by Crippen LogP contribution is -2.44. The molecule has 0 bridgehead atoms. The van der Waals surface area contributed by atoms with Crippen LogP contribution in [0, 0.1) is 0 Å². The molecule has 0 aromatic heterocycles. The molecule has 0 aliphatic carbocycles. The van der Waals surface area contributed by atoms with Crippen LogP contribution >= 0.6 is 0 Å². The molecule has 1 N–H and O–H groups in total. The van der Waals surface area contributed by atoms with Gasteiger partial charge in [0.25, 0.3) is 5.91 Å². The number of carbonyl (C=O) groups excluding carboxylic acids is 2. The zero-order chi connectivity index (χ0) is 23.0. The van der Waals surface area contributed by atoms with Crippen LogP contribution < -0.4 is 19.5 Å². The molecular weight excluding hydrogens is 424 g/mol. The number of sulfone groups is 1. The average Bonchev–Trinajstić information content (AvgIpc) is 2.75. The maximum absolute atomic E-state index is 13.1. The lowest BCUT2D eigenvalue weighted by atomic mass is 10.1. The summed E-state index contributed by atoms with van der Waals surface area (Å²) in [5, 5.41) is 1.70. The van der Waals surface area contributed by atoms with Crippen molar-refractivity contribution in [1.29, 1.82) is 0 Å². The second-order valence-corrected chi connectivity index (χ2v) is 9.35. The van der Waals surface area contributed by atoms with E-state index >= 15 is 0 Å². The Hall–Kier alpha value is -2.49. The van der Waals surface area contributed by atoms with Gasteiger partial charge in [-0.25, -0.2) is 8.42 Å². The molecule has 1 aliphatic rings. The monoisotopic (exact) mass is 456 g/mol. The maximum atomic E-state index is 13.1. The Morgan fingerprint density at radius 3 is 1.97 bits per heavy atom. The molecule has 0 spiro atoms. The van der Waals surface area contributed by atoms with Gasteiger partial charge in [-0.3, -0.25) is 9.59 Å². The van der Waals surface area contributed by atoms with Crippen molar-refractivity contribution in [2.75, 3.05) is 45.7 Å². The fraction of sp³-hybridized carbons (Fsp3) is 0.619. The normalized spacial score (nSPS) is 14.8. The van der Waals surface area contributed by atoms with Crippen molar-refractivity contribution in [3.63, 3.8) is 0 Å². The Labute approximate surface area is 183 Å². The summed E-state index contributed by atoms with van der Waals surface area (Å²) in [6.07, 6.45) is 0.581. The first-order valence-corrected chi connectivity index (χ1v) is 12.3. The first-order chi connectivity index (χ1) is 14.8. The van der Waals surface area contributed by atoms with E-state index < -0.39 is 26.7 Å². The van der Waals surface area contributed by atoms with Gasteiger partial charge >= 0.3 is 0 Å². The van der Waals surface area contributed by atoms with Crippen molar-refractivity contribution in [2.45, 2.75) is 38.9 Å². The zero-order valence-electron chi connectivity index (χ0n) is 18.6. The van der Waals surface area contributed by atoms with Crippen LogP contribution in [0.5, 0.6) is 17.2 Å². The minimum absolute atomic E-state index is 0.230. The van der Waals surface area contributed by atoms with Crippen molar-refractivity contribution >= 4 is 21.7 Å². The van der Waals surface area contributed by atoms with Gasteiger partial charge in [0.15, 0.2) is 21.3 Å². The highest BCUT2D eigenvalue weighted by atomic mass is 32.2. The van der Waals surface area contributed by atoms with E-state index in [0.29, 0.717) is 55.5 Å². The third-order valence-electron chi connectivity index (χ3n) is 5.00. The van der Waals surface area contributed by atoms with Gasteiger partial charge < -0.3 is 24.4 Å². The van der Waals surface area contributed by atoms with Crippen LogP contribution in [0.1, 0.15) is 44.0 Å². The summed E-state index contributed by atoms with van der Waals surface area (Å²) in [7, 11) is -2.15. The zero-order valence-corrected chi connectivity index (χ0v) is 19.4. The highest BCUT2D eigenvalue weighted by Crippen LogP contribution is 2.39. The fourth-order valence-electron chi connectivity index (χ4n) is 3.49. The third kappa shape index (κ3) is 6.25. The van der Waals surface area contributed by atoms with E-state index in [0.717, 1.165) is 0 Å². The second kappa shape index (κ2) is 11.2. The molecule has 1 heterocycles. The van der Waals surface area contributed by atoms with Crippen LogP contribution in [-0.2, 0) is 14.6 Å². The Balaban J connectivity index is 2.19. The summed E-state index contributed by atoms with van der Waals surface area (Å²) in [4.78, 5) is 26.2. The molecule has 0 saturated carbocycles. The quantitative estimate of drug-likeness (QED) is 0.570. The molecule has 10 heteroatoms. The van der Waals surface area contributed by atoms with E-state index in [1.165, 1.54) is 7.05 Å². The molecule has 31 heavy (non-hydrogen) atoms. The van der Waals surface area contributed by atoms with Gasteiger partial charge in [-0.15, -0.1) is 0 Å². The molecule has 1 aliphatic heterocycles. The number of likely N-dealkylation sites (tertiary alicyclic amines) is 1. The second-order valence-electron chi connectivity index (χ2n) is 7.07. The Morgan fingerprint density at radius 1 is 1.00 bits per heavy atom. The van der Waals surface area contributed by atoms with E-state index in [-0.39, 0.29) is 19.0 Å². The summed E-state index contributed by atoms with van der Waals surface area (Å²) in [5.41, 5.74) is 0.391. The largest absolute Gasteiger partial charge is 0.490 e. The number of nitrogens with one attached hydrogen (secondary N) is 1. The van der Waals surface area contributed by atoms with Gasteiger partial charge in [0, 0.05) is 25.7 Å². The number of benzene rings is 1. The van der Waals surface area contributed by atoms with E-state index in [1.54, 1.807) is 17.0 Å². The lowest BCUT2D eigenvalue weighted by molar-refractivity contribution is -0.118. The van der Waals surface area contributed by atoms with Crippen LogP contribution in [0.3, 0.4) is 0 Å². The molecule has 2 rings (SSSR count). The van der Waals surface area contributed by atoms with Crippen LogP contribution in [0.4, 0.5) is 0 Å². The number of nitrogens with zero attached hydrogens (tertiary/aromatic N) is 1. The van der Waals surface area contributed by atoms with Crippen molar-refractivity contribution < 1.29 is 32.2 Å². The minimum atomic E-state index is -3.56. The Morgan fingerprint density at radius 2 is 1.52 bits per heavy atom. The van der Waals surface area contributed by atoms with E-state index in [9.17, 15) is 18.0 Å². The first kappa shape index (κ1) is 24.8. The van der Waals surface area contributed by atoms with Crippen molar-refractivity contribution in [2.24, 2.45) is 0 Å². The molecule has 0 unspecified atom stereocenters. The van der Waals surface area contributed by atoms with Crippen LogP contribution in [-0.4, -0.2) is 76.1 Å². The van der Waals surface area contributed by atoms with Crippen molar-refractivity contribution in [1.82, 2.24) is 10.2 Å². The third-order valence-corrected chi connectivity index (χ3v) is 7.16. The predicted molar refractivity (Wildman–Crippen MR) is 117 cm³/mol. The number of hydrogen-bond acceptors (Lipinski definition) is 7. The first-order valence-electron chi connectivity index (χ1n) is 10.5. The summed E-state index contributed by atoms with van der Waals surface area (Å²) in [5.74, 6) is 0.0354. The molecule has 174 valence electrons. The van der Waals surface area contributed by atoms with Gasteiger partial charge in [-0.1, -0.05) is 0 Å². The molecule has 1 aromatic rings. The topological polar surface area (TPSA) is 111 Å². The van der Waals surface area contributed by atoms with Crippen molar-refractivity contribution in [3.8, 4) is 17.2 Å². The van der Waals surface area contributed by atoms with Crippen LogP contribution in [0.15, 0.2) is 12.1 Å². The van der Waals surface area contributed by atoms with Gasteiger partial charge in [0.1, 0.15) is 5.75 Å². The molecular formula is C21H32N2O7S. The lowest BCUT2D eigenvalue weighted by Gasteiger charge is -2.32. The van der Waals surface area contributed by atoms with E-state index in [1.807, 2.05) is 20.8 Å². The predicted octanol–water partition coefficient (Wildman–Crippen LogP) is 1.65. The molecule has 0 radical (unpaired) electrons. The molecule has 1 aromatic carbocycles. The smallest absolute Gasteiger partial charge is 0.254 e. The number of ether oxygens (including phenoxy) is 3. The van der Waals surface area contributed by atoms with E-state index in [2.05, 4.69) is 5.32 Å². The number of carbonyl (C=O) groups is 2. The molecule has 9 nitrogen and oxygen atoms in total. The van der Waals surface area contributed by atoms with Crippen LogP contribution in [0.25, 0.3) is 0 Å². The van der Waals surface area contributed by atoms with Gasteiger partial charge in [0.2, 0.25) is 11.7 Å². The highest BCUT2D eigenvalue weighted by molar-refractivity contribution is 7.92. The SMILES string of the molecule is CCOc1cc(C(=O)N2CCC(S(=O)(=O)CC(=O)NC)CC2)cc(OCC)c1OCC. The molecule has 2 amide bonds. The van der Waals surface area contributed by atoms with E-state index in [4.69, 9.17) is 14.2 Å². The number of hydrogen-bond donors (Lipinski definition) is 1. The Kier molecular flexibility index (Phi) is 8.97. The standard InChI is InChI=1S/C21H32N2O7S/c1-5-28-17-12-15(13-18(29-6-2)20(17)30-7-3)21(25)23-10-8-16(9-11-23)31(26,27)14-19(24)22-4/h12-13,16H,5-11,14H2,1-4H3,(H,22,24). The molecule has 1 saturated heterocycles. The minimum Gasteiger partial charge on any atom is -0.490 e. The van der Waals surface area contributed by atoms with Crippen molar-refractivity contribution in [3.05, 3.63) is 17.7 Å². The summed E-state index contributed by atoms with van der Waals surface area (Å²) < 4.78 is 41.9. The van der Waals surface area contributed by atoms with Crippen LogP contribution in [0.2, 0.25) is 0 Å². The summed E-state index contributed by atoms with van der Waals surface area (Å²) >= 11 is 0. The number of amides is 2. The maximum Gasteiger partial charge on any atom is 0.254 e. The Bertz CT molecular complexity index is 851. The average molecular weight is 457 g/mol. The number of piperidine rings is 1. The summed E-state index contributed by atoms with van der Waals surface area (Å²) in [6.45, 7) is 7.34.